The van der Waals surface area contributed by atoms with Gasteiger partial charge in [0.2, 0.25) is 0 Å². The molecule has 0 bridgehead atoms. The Bertz CT molecular complexity index is 366. The molecular weight excluding hydrogens is 222 g/mol. The number of hydrogen-bond donors (Lipinski definition) is 1. The molecule has 3 nitrogen and oxygen atoms in total. The molecule has 0 fully saturated rings. The Morgan fingerprint density at radius 1 is 1.38 bits per heavy atom. The fourth-order valence-electron chi connectivity index (χ4n) is 1.27. The molecule has 1 aromatic carbocycles. The maximum absolute atomic E-state index is 5.62. The topological polar surface area (TPSA) is 44.5 Å². The van der Waals surface area contributed by atoms with Crippen molar-refractivity contribution < 1.29 is 9.47 Å². The van der Waals surface area contributed by atoms with Crippen molar-refractivity contribution in [1.29, 1.82) is 0 Å². The predicted molar refractivity (Wildman–Crippen MR) is 69.3 cm³/mol. The number of benzene rings is 1. The summed E-state index contributed by atoms with van der Waals surface area (Å²) in [5.74, 6) is 1.40. The van der Waals surface area contributed by atoms with Crippen molar-refractivity contribution in [3.05, 3.63) is 23.8 Å². The van der Waals surface area contributed by atoms with E-state index in [1.165, 1.54) is 0 Å². The monoisotopic (exact) mass is 239 g/mol. The highest BCUT2D eigenvalue weighted by molar-refractivity contribution is 7.80. The number of methoxy groups -OCH3 is 1. The summed E-state index contributed by atoms with van der Waals surface area (Å²) in [7, 11) is 1.61. The zero-order valence-electron chi connectivity index (χ0n) is 9.66. The number of hydrogen-bond acceptors (Lipinski definition) is 3. The maximum Gasteiger partial charge on any atom is 0.161 e. The quantitative estimate of drug-likeness (QED) is 0.612. The second kappa shape index (κ2) is 6.33. The predicted octanol–water partition coefficient (Wildman–Crippen LogP) is 2.51. The minimum atomic E-state index is 0.364. The van der Waals surface area contributed by atoms with Gasteiger partial charge in [-0.05, 0) is 24.6 Å². The van der Waals surface area contributed by atoms with Gasteiger partial charge in [-0.3, -0.25) is 0 Å². The molecule has 0 aliphatic rings. The van der Waals surface area contributed by atoms with Crippen LogP contribution in [0.4, 0.5) is 0 Å². The first-order valence-electron chi connectivity index (χ1n) is 5.29. The van der Waals surface area contributed by atoms with Crippen LogP contribution in [0.5, 0.6) is 11.5 Å². The van der Waals surface area contributed by atoms with Crippen LogP contribution in [0.15, 0.2) is 18.2 Å². The molecule has 2 N–H and O–H groups in total. The first-order valence-corrected chi connectivity index (χ1v) is 5.70. The van der Waals surface area contributed by atoms with Gasteiger partial charge in [-0.15, -0.1) is 0 Å². The van der Waals surface area contributed by atoms with Crippen LogP contribution in [0.25, 0.3) is 0 Å². The van der Waals surface area contributed by atoms with Gasteiger partial charge < -0.3 is 15.2 Å². The number of nitrogens with two attached hydrogens (primary N) is 1. The number of rotatable bonds is 6. The number of thiocarbonyl (C=S) groups is 1. The minimum Gasteiger partial charge on any atom is -0.493 e. The molecule has 0 amide bonds. The third kappa shape index (κ3) is 3.38. The molecule has 0 atom stereocenters. The minimum absolute atomic E-state index is 0.364. The SMILES string of the molecule is CCCCOc1cc(C(N)=S)ccc1OC. The van der Waals surface area contributed by atoms with E-state index in [1.54, 1.807) is 7.11 Å². The largest absolute Gasteiger partial charge is 0.493 e. The lowest BCUT2D eigenvalue weighted by atomic mass is 10.2. The first kappa shape index (κ1) is 12.8. The van der Waals surface area contributed by atoms with Crippen molar-refractivity contribution in [2.24, 2.45) is 5.73 Å². The smallest absolute Gasteiger partial charge is 0.161 e. The van der Waals surface area contributed by atoms with Gasteiger partial charge >= 0.3 is 0 Å². The summed E-state index contributed by atoms with van der Waals surface area (Å²) >= 11 is 4.92. The van der Waals surface area contributed by atoms with E-state index in [9.17, 15) is 0 Å². The van der Waals surface area contributed by atoms with E-state index < -0.39 is 0 Å². The lowest BCUT2D eigenvalue weighted by molar-refractivity contribution is 0.288. The molecule has 16 heavy (non-hydrogen) atoms. The summed E-state index contributed by atoms with van der Waals surface area (Å²) in [6, 6.07) is 5.46. The van der Waals surface area contributed by atoms with E-state index in [4.69, 9.17) is 27.4 Å². The van der Waals surface area contributed by atoms with Crippen LogP contribution >= 0.6 is 12.2 Å². The summed E-state index contributed by atoms with van der Waals surface area (Å²) in [5, 5.41) is 0. The Morgan fingerprint density at radius 2 is 2.12 bits per heavy atom. The summed E-state index contributed by atoms with van der Waals surface area (Å²) in [4.78, 5) is 0.364. The Hall–Kier alpha value is -1.29. The van der Waals surface area contributed by atoms with E-state index in [1.807, 2.05) is 18.2 Å². The number of ether oxygens (including phenoxy) is 2. The average Bonchev–Trinajstić information content (AvgIpc) is 2.29. The Balaban J connectivity index is 2.84. The van der Waals surface area contributed by atoms with Crippen LogP contribution in [0.3, 0.4) is 0 Å². The average molecular weight is 239 g/mol. The van der Waals surface area contributed by atoms with E-state index in [2.05, 4.69) is 6.92 Å². The Morgan fingerprint density at radius 3 is 2.69 bits per heavy atom. The fourth-order valence-corrected chi connectivity index (χ4v) is 1.40. The number of unbranched alkanes of at least 4 members (excludes halogenated alkanes) is 1. The van der Waals surface area contributed by atoms with E-state index >= 15 is 0 Å². The molecule has 0 heterocycles. The van der Waals surface area contributed by atoms with Crippen LogP contribution in [-0.2, 0) is 0 Å². The van der Waals surface area contributed by atoms with Gasteiger partial charge in [0, 0.05) is 5.56 Å². The zero-order valence-corrected chi connectivity index (χ0v) is 10.5. The molecular formula is C12H17NO2S. The molecule has 0 saturated carbocycles. The summed E-state index contributed by atoms with van der Waals surface area (Å²) in [5.41, 5.74) is 6.36. The molecule has 0 aliphatic heterocycles. The van der Waals surface area contributed by atoms with Gasteiger partial charge in [0.1, 0.15) is 4.99 Å². The molecule has 0 aliphatic carbocycles. The molecule has 1 rings (SSSR count). The van der Waals surface area contributed by atoms with Crippen LogP contribution in [0.2, 0.25) is 0 Å². The van der Waals surface area contributed by atoms with Crippen LogP contribution in [-0.4, -0.2) is 18.7 Å². The summed E-state index contributed by atoms with van der Waals surface area (Å²) < 4.78 is 10.8. The molecule has 0 spiro atoms. The standard InChI is InChI=1S/C12H17NO2S/c1-3-4-7-15-11-8-9(12(13)16)5-6-10(11)14-2/h5-6,8H,3-4,7H2,1-2H3,(H2,13,16). The summed E-state index contributed by atoms with van der Waals surface area (Å²) in [6.07, 6.45) is 2.11. The zero-order chi connectivity index (χ0) is 12.0. The van der Waals surface area contributed by atoms with Gasteiger partial charge in [-0.2, -0.15) is 0 Å². The third-order valence-electron chi connectivity index (χ3n) is 2.20. The first-order chi connectivity index (χ1) is 7.69. The fraction of sp³-hybridized carbons (Fsp3) is 0.417. The summed E-state index contributed by atoms with van der Waals surface area (Å²) in [6.45, 7) is 2.79. The van der Waals surface area contributed by atoms with Crippen molar-refractivity contribution in [2.45, 2.75) is 19.8 Å². The maximum atomic E-state index is 5.62. The Labute approximate surface area is 102 Å². The van der Waals surface area contributed by atoms with Crippen molar-refractivity contribution in [2.75, 3.05) is 13.7 Å². The van der Waals surface area contributed by atoms with E-state index in [-0.39, 0.29) is 0 Å². The second-order valence-corrected chi connectivity index (χ2v) is 3.87. The molecule has 0 saturated heterocycles. The van der Waals surface area contributed by atoms with Crippen molar-refractivity contribution in [3.63, 3.8) is 0 Å². The van der Waals surface area contributed by atoms with Gasteiger partial charge in [0.25, 0.3) is 0 Å². The third-order valence-corrected chi connectivity index (χ3v) is 2.44. The highest BCUT2D eigenvalue weighted by Crippen LogP contribution is 2.28. The highest BCUT2D eigenvalue weighted by atomic mass is 32.1. The van der Waals surface area contributed by atoms with Gasteiger partial charge in [-0.25, -0.2) is 0 Å². The van der Waals surface area contributed by atoms with Crippen LogP contribution < -0.4 is 15.2 Å². The van der Waals surface area contributed by atoms with Gasteiger partial charge in [0.15, 0.2) is 11.5 Å². The highest BCUT2D eigenvalue weighted by Gasteiger charge is 2.06. The van der Waals surface area contributed by atoms with Crippen molar-refractivity contribution >= 4 is 17.2 Å². The van der Waals surface area contributed by atoms with Gasteiger partial charge in [-0.1, -0.05) is 25.6 Å². The molecule has 88 valence electrons. The lowest BCUT2D eigenvalue weighted by Gasteiger charge is -2.11. The Kier molecular flexibility index (Phi) is 5.05. The lowest BCUT2D eigenvalue weighted by Crippen LogP contribution is -2.10. The normalized spacial score (nSPS) is 9.88. The molecule has 0 aromatic heterocycles. The van der Waals surface area contributed by atoms with E-state index in [0.29, 0.717) is 23.1 Å². The molecule has 0 radical (unpaired) electrons. The molecule has 1 aromatic rings. The van der Waals surface area contributed by atoms with Crippen LogP contribution in [0, 0.1) is 0 Å². The molecule has 0 unspecified atom stereocenters. The molecule has 4 heteroatoms. The van der Waals surface area contributed by atoms with Gasteiger partial charge in [0.05, 0.1) is 13.7 Å². The van der Waals surface area contributed by atoms with E-state index in [0.717, 1.165) is 18.4 Å². The second-order valence-electron chi connectivity index (χ2n) is 3.43. The van der Waals surface area contributed by atoms with Crippen molar-refractivity contribution in [3.8, 4) is 11.5 Å². The van der Waals surface area contributed by atoms with Crippen LogP contribution in [0.1, 0.15) is 25.3 Å². The van der Waals surface area contributed by atoms with Crippen molar-refractivity contribution in [1.82, 2.24) is 0 Å².